The smallest absolute Gasteiger partial charge is 0.248 e. The highest BCUT2D eigenvalue weighted by molar-refractivity contribution is 5.50. The van der Waals surface area contributed by atoms with Crippen LogP contribution >= 0.6 is 0 Å². The average Bonchev–Trinajstić information content (AvgIpc) is 2.35. The number of hydrogen-bond donors (Lipinski definition) is 2. The van der Waals surface area contributed by atoms with Crippen LogP contribution < -0.4 is 11.3 Å². The molecule has 3 atom stereocenters. The number of nitrogens with one attached hydrogen (secondary N) is 1. The van der Waals surface area contributed by atoms with Crippen LogP contribution in [0.2, 0.25) is 0 Å². The van der Waals surface area contributed by atoms with Crippen molar-refractivity contribution < 1.29 is 0 Å². The maximum Gasteiger partial charge on any atom is 0.248 e. The summed E-state index contributed by atoms with van der Waals surface area (Å²) in [6, 6.07) is 3.49. The maximum atomic E-state index is 11.6. The highest BCUT2D eigenvalue weighted by Crippen LogP contribution is 2.52. The van der Waals surface area contributed by atoms with Crippen molar-refractivity contribution in [2.24, 2.45) is 11.7 Å². The Balaban J connectivity index is 2.34. The summed E-state index contributed by atoms with van der Waals surface area (Å²) in [7, 11) is 0. The van der Waals surface area contributed by atoms with Gasteiger partial charge >= 0.3 is 0 Å². The minimum Gasteiger partial charge on any atom is -0.326 e. The fraction of sp³-hybridized carbons (Fsp3) is 0.438. The molecule has 3 nitrogen and oxygen atoms in total. The van der Waals surface area contributed by atoms with Gasteiger partial charge in [0.15, 0.2) is 0 Å². The minimum atomic E-state index is -0.454. The standard InChI is InChI=1S/C16H20N2O/c1-4-12-11-7-9(2)8-16(12,17)13-5-6-14(19)18-15(13)10(11)3/h4-7,10-11H,8,17H2,1-3H3,(H,18,19)/b12-4+. The predicted octanol–water partition coefficient (Wildman–Crippen LogP) is 2.56. The summed E-state index contributed by atoms with van der Waals surface area (Å²) in [4.78, 5) is 14.6. The number of aromatic amines is 1. The van der Waals surface area contributed by atoms with Crippen molar-refractivity contribution in [1.82, 2.24) is 4.98 Å². The lowest BCUT2D eigenvalue weighted by atomic mass is 9.60. The van der Waals surface area contributed by atoms with E-state index in [1.165, 1.54) is 11.1 Å². The minimum absolute atomic E-state index is 0.0445. The molecule has 2 aliphatic carbocycles. The average molecular weight is 256 g/mol. The molecule has 0 spiro atoms. The first-order chi connectivity index (χ1) is 8.97. The van der Waals surface area contributed by atoms with Gasteiger partial charge in [-0.05, 0) is 37.5 Å². The van der Waals surface area contributed by atoms with Crippen LogP contribution in [-0.2, 0) is 5.54 Å². The monoisotopic (exact) mass is 256 g/mol. The van der Waals surface area contributed by atoms with Crippen LogP contribution in [0.4, 0.5) is 0 Å². The zero-order chi connectivity index (χ0) is 13.8. The van der Waals surface area contributed by atoms with Gasteiger partial charge in [0.1, 0.15) is 0 Å². The summed E-state index contributed by atoms with van der Waals surface area (Å²) in [5, 5.41) is 0. The van der Waals surface area contributed by atoms with Crippen molar-refractivity contribution in [3.63, 3.8) is 0 Å². The Morgan fingerprint density at radius 2 is 2.21 bits per heavy atom. The molecule has 0 radical (unpaired) electrons. The van der Waals surface area contributed by atoms with Gasteiger partial charge in [-0.2, -0.15) is 0 Å². The van der Waals surface area contributed by atoms with Gasteiger partial charge < -0.3 is 10.7 Å². The molecule has 1 aromatic rings. The van der Waals surface area contributed by atoms with Gasteiger partial charge in [-0.3, -0.25) is 4.79 Å². The summed E-state index contributed by atoms with van der Waals surface area (Å²) in [5.41, 5.74) is 10.9. The third-order valence-electron chi connectivity index (χ3n) is 4.63. The van der Waals surface area contributed by atoms with E-state index in [-0.39, 0.29) is 11.5 Å². The summed E-state index contributed by atoms with van der Waals surface area (Å²) in [6.07, 6.45) is 5.28. The van der Waals surface area contributed by atoms with Crippen molar-refractivity contribution in [1.29, 1.82) is 0 Å². The Labute approximate surface area is 113 Å². The summed E-state index contributed by atoms with van der Waals surface area (Å²) in [5.74, 6) is 0.566. The Hall–Kier alpha value is -1.61. The van der Waals surface area contributed by atoms with Crippen LogP contribution in [-0.4, -0.2) is 4.98 Å². The lowest BCUT2D eigenvalue weighted by Crippen LogP contribution is -2.49. The Morgan fingerprint density at radius 1 is 1.47 bits per heavy atom. The van der Waals surface area contributed by atoms with E-state index in [4.69, 9.17) is 5.73 Å². The van der Waals surface area contributed by atoms with Crippen molar-refractivity contribution in [3.05, 3.63) is 57.0 Å². The van der Waals surface area contributed by atoms with Crippen LogP contribution in [0.15, 0.2) is 40.2 Å². The second-order valence-electron chi connectivity index (χ2n) is 5.87. The zero-order valence-electron chi connectivity index (χ0n) is 11.7. The molecule has 0 fully saturated rings. The fourth-order valence-electron chi connectivity index (χ4n) is 3.83. The molecule has 3 unspecified atom stereocenters. The van der Waals surface area contributed by atoms with Crippen LogP contribution in [0, 0.1) is 5.92 Å². The SMILES string of the molecule is C/C=C1\C2C=C(C)CC1(N)c1ccc(=O)[nH]c1C2C. The molecule has 0 saturated carbocycles. The number of H-pyrrole nitrogens is 1. The number of aromatic nitrogens is 1. The molecule has 3 N–H and O–H groups in total. The summed E-state index contributed by atoms with van der Waals surface area (Å²) >= 11 is 0. The number of fused-ring (bicyclic) bond motifs is 4. The summed E-state index contributed by atoms with van der Waals surface area (Å²) in [6.45, 7) is 6.36. The van der Waals surface area contributed by atoms with E-state index in [9.17, 15) is 4.79 Å². The number of rotatable bonds is 0. The lowest BCUT2D eigenvalue weighted by molar-refractivity contribution is 0.376. The molecular weight excluding hydrogens is 236 g/mol. The Bertz CT molecular complexity index is 653. The van der Waals surface area contributed by atoms with Crippen molar-refractivity contribution >= 4 is 0 Å². The largest absolute Gasteiger partial charge is 0.326 e. The first-order valence-corrected chi connectivity index (χ1v) is 6.84. The van der Waals surface area contributed by atoms with Crippen LogP contribution in [0.1, 0.15) is 44.4 Å². The molecule has 1 aromatic heterocycles. The van der Waals surface area contributed by atoms with Gasteiger partial charge in [0, 0.05) is 23.6 Å². The van der Waals surface area contributed by atoms with Gasteiger partial charge in [-0.15, -0.1) is 0 Å². The quantitative estimate of drug-likeness (QED) is 0.701. The van der Waals surface area contributed by atoms with E-state index in [2.05, 4.69) is 37.9 Å². The molecule has 100 valence electrons. The van der Waals surface area contributed by atoms with Crippen molar-refractivity contribution in [2.75, 3.05) is 0 Å². The molecule has 19 heavy (non-hydrogen) atoms. The molecule has 0 saturated heterocycles. The topological polar surface area (TPSA) is 58.9 Å². The molecule has 1 heterocycles. The third kappa shape index (κ3) is 1.58. The molecule has 0 aliphatic heterocycles. The van der Waals surface area contributed by atoms with E-state index in [1.54, 1.807) is 6.07 Å². The van der Waals surface area contributed by atoms with Gasteiger partial charge in [-0.25, -0.2) is 0 Å². The van der Waals surface area contributed by atoms with Gasteiger partial charge in [0.2, 0.25) is 5.56 Å². The highest BCUT2D eigenvalue weighted by Gasteiger charge is 2.46. The molecule has 0 aromatic carbocycles. The molecule has 2 aliphatic rings. The number of allylic oxidation sites excluding steroid dienone is 2. The second kappa shape index (κ2) is 3.94. The van der Waals surface area contributed by atoms with E-state index >= 15 is 0 Å². The van der Waals surface area contributed by atoms with Crippen LogP contribution in [0.5, 0.6) is 0 Å². The van der Waals surface area contributed by atoms with E-state index in [1.807, 2.05) is 6.07 Å². The third-order valence-corrected chi connectivity index (χ3v) is 4.63. The Kier molecular flexibility index (Phi) is 2.58. The van der Waals surface area contributed by atoms with Gasteiger partial charge in [0.05, 0.1) is 5.54 Å². The van der Waals surface area contributed by atoms with Crippen LogP contribution in [0.3, 0.4) is 0 Å². The van der Waals surface area contributed by atoms with Crippen LogP contribution in [0.25, 0.3) is 0 Å². The first kappa shape index (κ1) is 12.4. The normalized spacial score (nSPS) is 34.9. The summed E-state index contributed by atoms with van der Waals surface area (Å²) < 4.78 is 0. The van der Waals surface area contributed by atoms with E-state index in [0.717, 1.165) is 17.7 Å². The molecule has 2 bridgehead atoms. The number of pyridine rings is 1. The van der Waals surface area contributed by atoms with E-state index in [0.29, 0.717) is 5.92 Å². The fourth-order valence-corrected chi connectivity index (χ4v) is 3.83. The van der Waals surface area contributed by atoms with Crippen molar-refractivity contribution in [2.45, 2.75) is 38.6 Å². The van der Waals surface area contributed by atoms with Gasteiger partial charge in [0.25, 0.3) is 0 Å². The number of nitrogens with two attached hydrogens (primary N) is 1. The Morgan fingerprint density at radius 3 is 2.89 bits per heavy atom. The van der Waals surface area contributed by atoms with E-state index < -0.39 is 5.54 Å². The second-order valence-corrected chi connectivity index (χ2v) is 5.87. The van der Waals surface area contributed by atoms with Gasteiger partial charge in [-0.1, -0.05) is 24.6 Å². The maximum absolute atomic E-state index is 11.6. The zero-order valence-corrected chi connectivity index (χ0v) is 11.7. The predicted molar refractivity (Wildman–Crippen MR) is 77.0 cm³/mol. The molecule has 3 rings (SSSR count). The lowest BCUT2D eigenvalue weighted by Gasteiger charge is -2.48. The molecule has 3 heteroatoms. The molecule has 0 amide bonds. The highest BCUT2D eigenvalue weighted by atomic mass is 16.1. The van der Waals surface area contributed by atoms with Crippen molar-refractivity contribution in [3.8, 4) is 0 Å². The molecular formula is C16H20N2O. The number of hydrogen-bond acceptors (Lipinski definition) is 2. The first-order valence-electron chi connectivity index (χ1n) is 6.84.